The summed E-state index contributed by atoms with van der Waals surface area (Å²) in [5.41, 5.74) is 2.29. The van der Waals surface area contributed by atoms with E-state index < -0.39 is 53.0 Å². The Bertz CT molecular complexity index is 3590. The van der Waals surface area contributed by atoms with Crippen molar-refractivity contribution >= 4 is 74.6 Å². The van der Waals surface area contributed by atoms with Gasteiger partial charge in [-0.05, 0) is 93.9 Å². The number of para-hydroxylation sites is 4. The minimum atomic E-state index is -2.80. The number of carbonyl (C=O) groups is 6. The van der Waals surface area contributed by atoms with E-state index in [2.05, 4.69) is 0 Å². The first-order valence-corrected chi connectivity index (χ1v) is 28.1. The highest BCUT2D eigenvalue weighted by atomic mass is 31.2. The molecule has 0 aliphatic carbocycles. The van der Waals surface area contributed by atoms with Crippen LogP contribution in [0.15, 0.2) is 158 Å². The molecule has 18 nitrogen and oxygen atoms in total. The average molecular weight is 1170 g/mol. The molecule has 83 heavy (non-hydrogen) atoms. The molecule has 0 N–H and O–H groups in total. The highest BCUT2D eigenvalue weighted by Gasteiger charge is 2.36. The average Bonchev–Trinajstić information content (AvgIpc) is 3.21. The molecule has 8 rings (SSSR count). The Morgan fingerprint density at radius 2 is 0.639 bits per heavy atom. The summed E-state index contributed by atoms with van der Waals surface area (Å²) in [5.74, 6) is -2.99. The molecule has 0 bridgehead atoms. The number of esters is 6. The van der Waals surface area contributed by atoms with Crippen molar-refractivity contribution in [1.29, 1.82) is 0 Å². The molecule has 0 saturated heterocycles. The van der Waals surface area contributed by atoms with Crippen LogP contribution in [0.2, 0.25) is 0 Å². The Morgan fingerprint density at radius 1 is 0.337 bits per heavy atom. The third-order valence-electron chi connectivity index (χ3n) is 13.0. The maximum atomic E-state index is 14.6. The summed E-state index contributed by atoms with van der Waals surface area (Å²) in [4.78, 5) is 79.5. The third-order valence-corrected chi connectivity index (χ3v) is 15.1. The quantitative estimate of drug-likeness (QED) is 0.0280. The molecule has 0 radical (unpaired) electrons. The van der Waals surface area contributed by atoms with Crippen molar-refractivity contribution in [3.63, 3.8) is 0 Å². The van der Waals surface area contributed by atoms with Crippen molar-refractivity contribution in [2.45, 2.75) is 44.9 Å². The number of hydrogen-bond acceptors (Lipinski definition) is 18. The lowest BCUT2D eigenvalue weighted by atomic mass is 9.89. The predicted octanol–water partition coefficient (Wildman–Crippen LogP) is 12.8. The molecule has 0 aromatic heterocycles. The first-order chi connectivity index (χ1) is 40.4. The molecule has 1 atom stereocenters. The molecular formula is C63H58O18P2. The van der Waals surface area contributed by atoms with Gasteiger partial charge in [0.15, 0.2) is 11.5 Å². The van der Waals surface area contributed by atoms with E-state index in [-0.39, 0.29) is 102 Å². The lowest BCUT2D eigenvalue weighted by Gasteiger charge is -2.26. The summed E-state index contributed by atoms with van der Waals surface area (Å²) < 4.78 is 72.4. The van der Waals surface area contributed by atoms with Crippen LogP contribution >= 0.6 is 17.2 Å². The molecule has 0 amide bonds. The number of methoxy groups -OCH3 is 6. The molecule has 8 aromatic carbocycles. The van der Waals surface area contributed by atoms with Gasteiger partial charge in [0.25, 0.3) is 0 Å². The number of rotatable bonds is 26. The van der Waals surface area contributed by atoms with Gasteiger partial charge in [0, 0.05) is 36.0 Å². The Balaban J connectivity index is 1.41. The normalized spacial score (nSPS) is 11.2. The van der Waals surface area contributed by atoms with Crippen LogP contribution in [0.1, 0.15) is 62.2 Å². The SMILES string of the molecule is COC(=O)CCc1ccccc1OP(Oc1ccccc1CCC(=O)OC)Oc1c(C(=O)OC)cc2ccccc2c1-c1c(OP(Oc2ccccc2CCC(=O)OC)Oc2ccccc2CC(=O)OC)c(C(=O)OC)cc2ccccc12. The topological polar surface area (TPSA) is 213 Å². The first-order valence-electron chi connectivity index (χ1n) is 25.9. The smallest absolute Gasteiger partial charge is 0.469 e. The van der Waals surface area contributed by atoms with Crippen LogP contribution < -0.4 is 27.1 Å². The number of ether oxygens (including phenoxy) is 6. The van der Waals surface area contributed by atoms with Crippen molar-refractivity contribution in [3.8, 4) is 45.6 Å². The van der Waals surface area contributed by atoms with E-state index in [9.17, 15) is 28.8 Å². The van der Waals surface area contributed by atoms with Crippen LogP contribution in [-0.2, 0) is 73.3 Å². The lowest BCUT2D eigenvalue weighted by Crippen LogP contribution is -2.13. The van der Waals surface area contributed by atoms with Gasteiger partial charge in [-0.15, -0.1) is 0 Å². The molecule has 8 aromatic rings. The van der Waals surface area contributed by atoms with Gasteiger partial charge in [0.2, 0.25) is 0 Å². The largest absolute Gasteiger partial charge is 0.530 e. The zero-order chi connectivity index (χ0) is 58.8. The van der Waals surface area contributed by atoms with Crippen LogP contribution in [0.25, 0.3) is 32.7 Å². The van der Waals surface area contributed by atoms with Gasteiger partial charge in [-0.3, -0.25) is 19.2 Å². The van der Waals surface area contributed by atoms with E-state index in [1.165, 1.54) is 42.7 Å². The predicted molar refractivity (Wildman–Crippen MR) is 310 cm³/mol. The minimum absolute atomic E-state index is 0.000294. The zero-order valence-corrected chi connectivity index (χ0v) is 48.0. The molecular weight excluding hydrogens is 1110 g/mol. The van der Waals surface area contributed by atoms with Crippen molar-refractivity contribution in [3.05, 3.63) is 191 Å². The van der Waals surface area contributed by atoms with Gasteiger partial charge in [-0.1, -0.05) is 121 Å². The van der Waals surface area contributed by atoms with E-state index in [4.69, 9.17) is 55.6 Å². The molecule has 0 heterocycles. The van der Waals surface area contributed by atoms with E-state index in [0.29, 0.717) is 43.8 Å². The van der Waals surface area contributed by atoms with Crippen molar-refractivity contribution in [2.24, 2.45) is 0 Å². The third kappa shape index (κ3) is 15.0. The van der Waals surface area contributed by atoms with Crippen LogP contribution in [-0.4, -0.2) is 78.5 Å². The van der Waals surface area contributed by atoms with Gasteiger partial charge in [-0.25, -0.2) is 9.59 Å². The van der Waals surface area contributed by atoms with Gasteiger partial charge in [-0.2, -0.15) is 0 Å². The van der Waals surface area contributed by atoms with E-state index >= 15 is 0 Å². The second kappa shape index (κ2) is 29.0. The molecule has 20 heteroatoms. The van der Waals surface area contributed by atoms with E-state index in [1.807, 2.05) is 0 Å². The van der Waals surface area contributed by atoms with Crippen LogP contribution in [0, 0.1) is 0 Å². The maximum Gasteiger partial charge on any atom is 0.530 e. The second-order valence-electron chi connectivity index (χ2n) is 18.1. The standard InChI is InChI=1S/C63H58O18P2/c1-70-54(64)34-31-40-19-9-15-27-50(40)76-82(77-51-28-16-10-20-41(51)32-35-55(65)71-2)80-60-48(62(68)74-5)37-43-22-7-13-25-46(43)58(60)59-47-26-14-8-23-44(47)38-49(63(69)75-6)61(59)81-83(79-53-30-18-12-24-45(53)39-57(67)73-4)78-52-29-17-11-21-42(52)33-36-56(66)72-3/h7-30,37-38H,31-36,39H2,1-6H3. The molecule has 1 unspecified atom stereocenters. The van der Waals surface area contributed by atoms with Gasteiger partial charge >= 0.3 is 53.0 Å². The van der Waals surface area contributed by atoms with Crippen molar-refractivity contribution in [2.75, 3.05) is 42.7 Å². The minimum Gasteiger partial charge on any atom is -0.469 e. The van der Waals surface area contributed by atoms with Crippen LogP contribution in [0.3, 0.4) is 0 Å². The van der Waals surface area contributed by atoms with Gasteiger partial charge in [0.1, 0.15) is 34.1 Å². The lowest BCUT2D eigenvalue weighted by molar-refractivity contribution is -0.141. The molecule has 0 fully saturated rings. The fourth-order valence-electron chi connectivity index (χ4n) is 8.83. The summed E-state index contributed by atoms with van der Waals surface area (Å²) in [6.07, 6.45) is 0.384. The number of benzene rings is 8. The fraction of sp³-hybridized carbons (Fsp3) is 0.206. The number of fused-ring (bicyclic) bond motifs is 2. The number of hydrogen-bond donors (Lipinski definition) is 0. The summed E-state index contributed by atoms with van der Waals surface area (Å²) in [7, 11) is 2.03. The summed E-state index contributed by atoms with van der Waals surface area (Å²) in [6.45, 7) is 0. The number of aryl methyl sites for hydroxylation is 3. The monoisotopic (exact) mass is 1160 g/mol. The highest BCUT2D eigenvalue weighted by molar-refractivity contribution is 7.43. The fourth-order valence-corrected chi connectivity index (χ4v) is 11.1. The summed E-state index contributed by atoms with van der Waals surface area (Å²) >= 11 is 0. The van der Waals surface area contributed by atoms with E-state index in [0.717, 1.165) is 0 Å². The van der Waals surface area contributed by atoms with Gasteiger partial charge in [0.05, 0.1) is 49.1 Å². The summed E-state index contributed by atoms with van der Waals surface area (Å²) in [5, 5.41) is 1.98. The first kappa shape index (κ1) is 59.9. The molecule has 0 spiro atoms. The Morgan fingerprint density at radius 3 is 0.976 bits per heavy atom. The highest BCUT2D eigenvalue weighted by Crippen LogP contribution is 2.56. The Hall–Kier alpha value is -9.24. The zero-order valence-electron chi connectivity index (χ0n) is 46.2. The maximum absolute atomic E-state index is 14.6. The van der Waals surface area contributed by atoms with Crippen molar-refractivity contribution < 1.29 is 84.3 Å². The second-order valence-corrected chi connectivity index (χ2v) is 20.1. The number of carbonyl (C=O) groups excluding carboxylic acids is 6. The molecule has 0 aliphatic rings. The molecule has 428 valence electrons. The molecule has 0 saturated carbocycles. The Kier molecular flexibility index (Phi) is 20.9. The van der Waals surface area contributed by atoms with Crippen molar-refractivity contribution in [1.82, 2.24) is 0 Å². The van der Waals surface area contributed by atoms with Crippen LogP contribution in [0.4, 0.5) is 0 Å². The van der Waals surface area contributed by atoms with E-state index in [1.54, 1.807) is 158 Å². The van der Waals surface area contributed by atoms with Crippen LogP contribution in [0.5, 0.6) is 34.5 Å². The molecule has 0 aliphatic heterocycles. The Labute approximate surface area is 481 Å². The summed E-state index contributed by atoms with van der Waals surface area (Å²) in [6, 6.07) is 45.1. The van der Waals surface area contributed by atoms with Gasteiger partial charge < -0.3 is 55.6 Å².